The fourth-order valence-corrected chi connectivity index (χ4v) is 4.15. The Balaban J connectivity index is 1.61. The third-order valence-corrected chi connectivity index (χ3v) is 5.53. The zero-order valence-electron chi connectivity index (χ0n) is 13.3. The molecule has 0 radical (unpaired) electrons. The van der Waals surface area contributed by atoms with E-state index in [0.717, 1.165) is 23.3 Å². The highest BCUT2D eigenvalue weighted by molar-refractivity contribution is 7.99. The Morgan fingerprint density at radius 1 is 1.08 bits per heavy atom. The summed E-state index contributed by atoms with van der Waals surface area (Å²) in [6.07, 6.45) is 1.01. The van der Waals surface area contributed by atoms with Crippen LogP contribution < -0.4 is 0 Å². The molecule has 1 aliphatic heterocycles. The van der Waals surface area contributed by atoms with Crippen molar-refractivity contribution in [3.05, 3.63) is 71.3 Å². The number of halogens is 2. The second-order valence-corrected chi connectivity index (χ2v) is 7.16. The first kappa shape index (κ1) is 17.0. The Morgan fingerprint density at radius 2 is 1.83 bits per heavy atom. The van der Waals surface area contributed by atoms with Gasteiger partial charge in [0.15, 0.2) is 0 Å². The SMILES string of the molecule is O=C(Cc1ccc(F)cc1)N1CCSC(c2ccccc2F)CC1. The molecule has 1 fully saturated rings. The van der Waals surface area contributed by atoms with E-state index < -0.39 is 0 Å². The molecule has 2 aromatic rings. The van der Waals surface area contributed by atoms with Gasteiger partial charge in [0, 0.05) is 29.7 Å². The van der Waals surface area contributed by atoms with Crippen molar-refractivity contribution < 1.29 is 13.6 Å². The van der Waals surface area contributed by atoms with Crippen LogP contribution in [-0.2, 0) is 11.2 Å². The quantitative estimate of drug-likeness (QED) is 0.829. The van der Waals surface area contributed by atoms with Crippen molar-refractivity contribution in [2.75, 3.05) is 18.8 Å². The first-order chi connectivity index (χ1) is 11.6. The highest BCUT2D eigenvalue weighted by Gasteiger charge is 2.23. The molecule has 2 nitrogen and oxygen atoms in total. The molecule has 1 heterocycles. The van der Waals surface area contributed by atoms with Gasteiger partial charge in [0.25, 0.3) is 0 Å². The summed E-state index contributed by atoms with van der Waals surface area (Å²) in [6, 6.07) is 12.9. The van der Waals surface area contributed by atoms with E-state index in [4.69, 9.17) is 0 Å². The zero-order valence-corrected chi connectivity index (χ0v) is 14.1. The van der Waals surface area contributed by atoms with E-state index in [1.165, 1.54) is 18.2 Å². The molecule has 1 unspecified atom stereocenters. The van der Waals surface area contributed by atoms with E-state index in [-0.39, 0.29) is 29.2 Å². The second kappa shape index (κ2) is 7.79. The maximum absolute atomic E-state index is 14.0. The summed E-state index contributed by atoms with van der Waals surface area (Å²) >= 11 is 1.70. The molecule has 0 N–H and O–H groups in total. The van der Waals surface area contributed by atoms with Gasteiger partial charge in [-0.2, -0.15) is 11.8 Å². The number of benzene rings is 2. The first-order valence-electron chi connectivity index (χ1n) is 8.02. The van der Waals surface area contributed by atoms with Crippen LogP contribution in [0.1, 0.15) is 22.8 Å². The molecule has 0 aromatic heterocycles. The summed E-state index contributed by atoms with van der Waals surface area (Å²) in [5.74, 6) is 0.344. The molecule has 1 amide bonds. The number of carbonyl (C=O) groups is 1. The molecule has 126 valence electrons. The maximum Gasteiger partial charge on any atom is 0.227 e. The van der Waals surface area contributed by atoms with Crippen LogP contribution in [0.15, 0.2) is 48.5 Å². The molecule has 1 atom stereocenters. The van der Waals surface area contributed by atoms with Crippen LogP contribution in [0.2, 0.25) is 0 Å². The van der Waals surface area contributed by atoms with Gasteiger partial charge in [0.05, 0.1) is 6.42 Å². The molecule has 0 bridgehead atoms. The van der Waals surface area contributed by atoms with Crippen LogP contribution >= 0.6 is 11.8 Å². The van der Waals surface area contributed by atoms with Crippen LogP contribution in [0.5, 0.6) is 0 Å². The Bertz CT molecular complexity index is 705. The van der Waals surface area contributed by atoms with Crippen LogP contribution in [0, 0.1) is 11.6 Å². The smallest absolute Gasteiger partial charge is 0.227 e. The van der Waals surface area contributed by atoms with Crippen molar-refractivity contribution in [3.63, 3.8) is 0 Å². The van der Waals surface area contributed by atoms with E-state index in [1.807, 2.05) is 17.0 Å². The third kappa shape index (κ3) is 4.15. The molecule has 2 aromatic carbocycles. The van der Waals surface area contributed by atoms with E-state index in [2.05, 4.69) is 0 Å². The monoisotopic (exact) mass is 347 g/mol. The highest BCUT2D eigenvalue weighted by Crippen LogP contribution is 2.35. The molecule has 1 aliphatic rings. The van der Waals surface area contributed by atoms with E-state index >= 15 is 0 Å². The van der Waals surface area contributed by atoms with Gasteiger partial charge in [0.1, 0.15) is 11.6 Å². The molecular weight excluding hydrogens is 328 g/mol. The highest BCUT2D eigenvalue weighted by atomic mass is 32.2. The van der Waals surface area contributed by atoms with E-state index in [9.17, 15) is 13.6 Å². The molecule has 0 spiro atoms. The summed E-state index contributed by atoms with van der Waals surface area (Å²) in [5, 5.41) is 0.0785. The van der Waals surface area contributed by atoms with Gasteiger partial charge in [-0.3, -0.25) is 4.79 Å². The molecule has 5 heteroatoms. The minimum absolute atomic E-state index is 0.0383. The average molecular weight is 347 g/mol. The number of rotatable bonds is 3. The van der Waals surface area contributed by atoms with Crippen molar-refractivity contribution in [2.45, 2.75) is 18.1 Å². The van der Waals surface area contributed by atoms with Crippen molar-refractivity contribution in [2.24, 2.45) is 0 Å². The fourth-order valence-electron chi connectivity index (χ4n) is 2.89. The van der Waals surface area contributed by atoms with Gasteiger partial charge in [-0.1, -0.05) is 30.3 Å². The van der Waals surface area contributed by atoms with Crippen molar-refractivity contribution in [1.82, 2.24) is 4.90 Å². The van der Waals surface area contributed by atoms with E-state index in [1.54, 1.807) is 30.0 Å². The van der Waals surface area contributed by atoms with Gasteiger partial charge >= 0.3 is 0 Å². The minimum atomic E-state index is -0.301. The van der Waals surface area contributed by atoms with Gasteiger partial charge in [-0.25, -0.2) is 8.78 Å². The molecule has 1 saturated heterocycles. The molecular formula is C19H19F2NOS. The normalized spacial score (nSPS) is 18.2. The maximum atomic E-state index is 14.0. The lowest BCUT2D eigenvalue weighted by Crippen LogP contribution is -2.34. The number of nitrogens with zero attached hydrogens (tertiary/aromatic N) is 1. The third-order valence-electron chi connectivity index (χ3n) is 4.21. The Morgan fingerprint density at radius 3 is 2.58 bits per heavy atom. The zero-order chi connectivity index (χ0) is 16.9. The van der Waals surface area contributed by atoms with Crippen LogP contribution in [-0.4, -0.2) is 29.6 Å². The van der Waals surface area contributed by atoms with Crippen molar-refractivity contribution in [3.8, 4) is 0 Å². The summed E-state index contributed by atoms with van der Waals surface area (Å²) < 4.78 is 26.9. The standard InChI is InChI=1S/C19H19F2NOS/c20-15-7-5-14(6-8-15)13-19(23)22-10-9-18(24-12-11-22)16-3-1-2-4-17(16)21/h1-8,18H,9-13H2. The van der Waals surface area contributed by atoms with Crippen molar-refractivity contribution >= 4 is 17.7 Å². The largest absolute Gasteiger partial charge is 0.342 e. The predicted octanol–water partition coefficient (Wildman–Crippen LogP) is 4.21. The van der Waals surface area contributed by atoms with Crippen LogP contribution in [0.3, 0.4) is 0 Å². The first-order valence-corrected chi connectivity index (χ1v) is 9.06. The second-order valence-electron chi connectivity index (χ2n) is 5.85. The van der Waals surface area contributed by atoms with Gasteiger partial charge in [-0.15, -0.1) is 0 Å². The lowest BCUT2D eigenvalue weighted by molar-refractivity contribution is -0.130. The Hall–Kier alpha value is -1.88. The predicted molar refractivity (Wildman–Crippen MR) is 92.9 cm³/mol. The summed E-state index contributed by atoms with van der Waals surface area (Å²) in [5.41, 5.74) is 1.53. The Labute approximate surface area is 144 Å². The van der Waals surface area contributed by atoms with Gasteiger partial charge < -0.3 is 4.90 Å². The number of hydrogen-bond acceptors (Lipinski definition) is 2. The average Bonchev–Trinajstić information content (AvgIpc) is 2.83. The Kier molecular flexibility index (Phi) is 5.51. The molecule has 0 saturated carbocycles. The molecule has 0 aliphatic carbocycles. The lowest BCUT2D eigenvalue weighted by atomic mass is 10.1. The number of carbonyl (C=O) groups excluding carboxylic acids is 1. The van der Waals surface area contributed by atoms with Crippen LogP contribution in [0.4, 0.5) is 8.78 Å². The number of amides is 1. The van der Waals surface area contributed by atoms with Gasteiger partial charge in [0.2, 0.25) is 5.91 Å². The summed E-state index contributed by atoms with van der Waals surface area (Å²) in [4.78, 5) is 14.3. The van der Waals surface area contributed by atoms with Crippen LogP contribution in [0.25, 0.3) is 0 Å². The van der Waals surface area contributed by atoms with Gasteiger partial charge in [-0.05, 0) is 30.2 Å². The fraction of sp³-hybridized carbons (Fsp3) is 0.316. The minimum Gasteiger partial charge on any atom is -0.342 e. The summed E-state index contributed by atoms with van der Waals surface area (Å²) in [7, 11) is 0. The summed E-state index contributed by atoms with van der Waals surface area (Å²) in [6.45, 7) is 1.28. The van der Waals surface area contributed by atoms with E-state index in [0.29, 0.717) is 13.1 Å². The number of hydrogen-bond donors (Lipinski definition) is 0. The molecule has 3 rings (SSSR count). The topological polar surface area (TPSA) is 20.3 Å². The number of thioether (sulfide) groups is 1. The molecule has 24 heavy (non-hydrogen) atoms. The lowest BCUT2D eigenvalue weighted by Gasteiger charge is -2.20. The van der Waals surface area contributed by atoms with Crippen molar-refractivity contribution in [1.29, 1.82) is 0 Å².